The Labute approximate surface area is 177 Å². The zero-order chi connectivity index (χ0) is 22.4. The summed E-state index contributed by atoms with van der Waals surface area (Å²) in [5, 5.41) is 2.02. The number of carbonyl (C=O) groups is 1. The van der Waals surface area contributed by atoms with Gasteiger partial charge in [-0.3, -0.25) is 4.79 Å². The molecule has 2 aromatic rings. The SMILES string of the molecule is CCCCNS(=O)(=O)c1ccc(OCC(=O)Nc2ccc(Cl)cc2C(F)(F)F)cc1. The maximum absolute atomic E-state index is 13.1. The molecule has 0 unspecified atom stereocenters. The van der Waals surface area contributed by atoms with Crippen molar-refractivity contribution in [3.8, 4) is 5.75 Å². The van der Waals surface area contributed by atoms with E-state index in [-0.39, 0.29) is 15.7 Å². The average molecular weight is 465 g/mol. The number of ether oxygens (including phenoxy) is 1. The largest absolute Gasteiger partial charge is 0.484 e. The molecule has 0 fully saturated rings. The van der Waals surface area contributed by atoms with Crippen molar-refractivity contribution in [2.75, 3.05) is 18.5 Å². The third-order valence-corrected chi connectivity index (χ3v) is 5.60. The Hall–Kier alpha value is -2.30. The van der Waals surface area contributed by atoms with Crippen LogP contribution in [0.2, 0.25) is 5.02 Å². The van der Waals surface area contributed by atoms with E-state index >= 15 is 0 Å². The van der Waals surface area contributed by atoms with Crippen LogP contribution >= 0.6 is 11.6 Å². The number of sulfonamides is 1. The fraction of sp³-hybridized carbons (Fsp3) is 0.316. The van der Waals surface area contributed by atoms with Crippen molar-refractivity contribution in [1.29, 1.82) is 0 Å². The van der Waals surface area contributed by atoms with Crippen molar-refractivity contribution in [2.24, 2.45) is 0 Å². The Bertz CT molecular complexity index is 980. The summed E-state index contributed by atoms with van der Waals surface area (Å²) in [6.07, 6.45) is -3.14. The van der Waals surface area contributed by atoms with E-state index in [1.165, 1.54) is 30.3 Å². The zero-order valence-corrected chi connectivity index (χ0v) is 17.5. The van der Waals surface area contributed by atoms with Gasteiger partial charge in [-0.15, -0.1) is 0 Å². The molecule has 0 aliphatic carbocycles. The Morgan fingerprint density at radius 2 is 1.80 bits per heavy atom. The summed E-state index contributed by atoms with van der Waals surface area (Å²) in [5.74, 6) is -0.634. The Morgan fingerprint density at radius 1 is 1.13 bits per heavy atom. The molecule has 0 radical (unpaired) electrons. The Kier molecular flexibility index (Phi) is 8.10. The van der Waals surface area contributed by atoms with E-state index in [9.17, 15) is 26.4 Å². The van der Waals surface area contributed by atoms with E-state index in [0.29, 0.717) is 19.0 Å². The highest BCUT2D eigenvalue weighted by Gasteiger charge is 2.34. The molecule has 30 heavy (non-hydrogen) atoms. The van der Waals surface area contributed by atoms with Gasteiger partial charge in [0, 0.05) is 11.6 Å². The molecule has 6 nitrogen and oxygen atoms in total. The van der Waals surface area contributed by atoms with Crippen LogP contribution in [0.4, 0.5) is 18.9 Å². The molecular formula is C19H20ClF3N2O4S. The first-order chi connectivity index (χ1) is 14.0. The van der Waals surface area contributed by atoms with Gasteiger partial charge in [0.2, 0.25) is 10.0 Å². The molecule has 0 saturated carbocycles. The van der Waals surface area contributed by atoms with Crippen LogP contribution in [-0.2, 0) is 21.0 Å². The van der Waals surface area contributed by atoms with E-state index in [1.54, 1.807) is 0 Å². The number of amides is 1. The molecule has 0 spiro atoms. The number of anilines is 1. The molecular weight excluding hydrogens is 445 g/mol. The summed E-state index contributed by atoms with van der Waals surface area (Å²) in [6, 6.07) is 8.31. The van der Waals surface area contributed by atoms with Crippen LogP contribution in [0.5, 0.6) is 5.75 Å². The summed E-state index contributed by atoms with van der Waals surface area (Å²) < 4.78 is 71.1. The molecule has 1 amide bonds. The van der Waals surface area contributed by atoms with Crippen LogP contribution in [0.3, 0.4) is 0 Å². The number of rotatable bonds is 9. The first kappa shape index (κ1) is 24.0. The highest BCUT2D eigenvalue weighted by molar-refractivity contribution is 7.89. The molecule has 0 aliphatic heterocycles. The van der Waals surface area contributed by atoms with E-state index in [2.05, 4.69) is 10.0 Å². The number of carbonyl (C=O) groups excluding carboxylic acids is 1. The fourth-order valence-electron chi connectivity index (χ4n) is 2.38. The van der Waals surface area contributed by atoms with Gasteiger partial charge in [-0.2, -0.15) is 13.2 Å². The molecule has 2 aromatic carbocycles. The van der Waals surface area contributed by atoms with Gasteiger partial charge >= 0.3 is 6.18 Å². The molecule has 0 saturated heterocycles. The molecule has 2 N–H and O–H groups in total. The van der Waals surface area contributed by atoms with E-state index in [1.807, 2.05) is 6.92 Å². The smallest absolute Gasteiger partial charge is 0.418 e. The summed E-state index contributed by atoms with van der Waals surface area (Å²) >= 11 is 5.60. The second-order valence-electron chi connectivity index (χ2n) is 6.25. The van der Waals surface area contributed by atoms with Crippen molar-refractivity contribution in [3.05, 3.63) is 53.1 Å². The number of halogens is 4. The molecule has 0 heterocycles. The maximum Gasteiger partial charge on any atom is 0.418 e. The van der Waals surface area contributed by atoms with Gasteiger partial charge in [-0.1, -0.05) is 24.9 Å². The summed E-state index contributed by atoms with van der Waals surface area (Å²) in [5.41, 5.74) is -1.52. The highest BCUT2D eigenvalue weighted by Crippen LogP contribution is 2.36. The lowest BCUT2D eigenvalue weighted by Gasteiger charge is -2.14. The monoisotopic (exact) mass is 464 g/mol. The topological polar surface area (TPSA) is 84.5 Å². The Balaban J connectivity index is 1.98. The lowest BCUT2D eigenvalue weighted by molar-refractivity contribution is -0.137. The number of hydrogen-bond acceptors (Lipinski definition) is 4. The van der Waals surface area contributed by atoms with Gasteiger partial charge in [0.1, 0.15) is 5.75 Å². The fourth-order valence-corrected chi connectivity index (χ4v) is 3.62. The predicted octanol–water partition coefficient (Wildman–Crippen LogP) is 4.45. The van der Waals surface area contributed by atoms with Gasteiger partial charge in [-0.25, -0.2) is 13.1 Å². The number of nitrogens with one attached hydrogen (secondary N) is 2. The average Bonchev–Trinajstić information content (AvgIpc) is 2.67. The zero-order valence-electron chi connectivity index (χ0n) is 15.9. The predicted molar refractivity (Wildman–Crippen MR) is 107 cm³/mol. The number of unbranched alkanes of at least 4 members (excludes halogenated alkanes) is 1. The van der Waals surface area contributed by atoms with Crippen molar-refractivity contribution in [3.63, 3.8) is 0 Å². The Morgan fingerprint density at radius 3 is 2.40 bits per heavy atom. The summed E-state index contributed by atoms with van der Waals surface area (Å²) in [4.78, 5) is 12.0. The van der Waals surface area contributed by atoms with E-state index in [0.717, 1.165) is 12.5 Å². The van der Waals surface area contributed by atoms with E-state index in [4.69, 9.17) is 16.3 Å². The quantitative estimate of drug-likeness (QED) is 0.537. The molecule has 0 aliphatic rings. The normalized spacial score (nSPS) is 11.9. The van der Waals surface area contributed by atoms with Crippen molar-refractivity contribution in [1.82, 2.24) is 4.72 Å². The number of hydrogen-bond donors (Lipinski definition) is 2. The number of benzene rings is 2. The van der Waals surface area contributed by atoms with Gasteiger partial charge in [0.15, 0.2) is 6.61 Å². The van der Waals surface area contributed by atoms with Crippen LogP contribution in [0, 0.1) is 0 Å². The molecule has 2 rings (SSSR count). The minimum absolute atomic E-state index is 0.0337. The van der Waals surface area contributed by atoms with E-state index < -0.39 is 40.0 Å². The van der Waals surface area contributed by atoms with Crippen molar-refractivity contribution in [2.45, 2.75) is 30.8 Å². The van der Waals surface area contributed by atoms with Crippen LogP contribution in [0.25, 0.3) is 0 Å². The maximum atomic E-state index is 13.1. The van der Waals surface area contributed by atoms with Gasteiger partial charge < -0.3 is 10.1 Å². The standard InChI is InChI=1S/C19H20ClF3N2O4S/c1-2-3-10-24-30(27,28)15-7-5-14(6-8-15)29-12-18(26)25-17-9-4-13(20)11-16(17)19(21,22)23/h4-9,11,24H,2-3,10,12H2,1H3,(H,25,26). The van der Waals surface area contributed by atoms with Gasteiger partial charge in [0.25, 0.3) is 5.91 Å². The molecule has 0 aromatic heterocycles. The minimum Gasteiger partial charge on any atom is -0.484 e. The van der Waals surface area contributed by atoms with Crippen LogP contribution in [-0.4, -0.2) is 27.5 Å². The third kappa shape index (κ3) is 6.89. The second kappa shape index (κ2) is 10.1. The first-order valence-corrected chi connectivity index (χ1v) is 10.8. The second-order valence-corrected chi connectivity index (χ2v) is 8.45. The molecule has 164 valence electrons. The first-order valence-electron chi connectivity index (χ1n) is 8.92. The molecule has 0 atom stereocenters. The summed E-state index contributed by atoms with van der Waals surface area (Å²) in [6.45, 7) is 1.69. The van der Waals surface area contributed by atoms with Crippen molar-refractivity contribution < 1.29 is 31.1 Å². The number of alkyl halides is 3. The summed E-state index contributed by atoms with van der Waals surface area (Å²) in [7, 11) is -3.65. The molecule has 11 heteroatoms. The lowest BCUT2D eigenvalue weighted by Crippen LogP contribution is -2.24. The lowest BCUT2D eigenvalue weighted by atomic mass is 10.1. The van der Waals surface area contributed by atoms with Crippen LogP contribution < -0.4 is 14.8 Å². The van der Waals surface area contributed by atoms with Gasteiger partial charge in [0.05, 0.1) is 16.1 Å². The molecule has 0 bridgehead atoms. The highest BCUT2D eigenvalue weighted by atomic mass is 35.5. The van der Waals surface area contributed by atoms with Crippen molar-refractivity contribution >= 4 is 33.2 Å². The van der Waals surface area contributed by atoms with Crippen LogP contribution in [0.1, 0.15) is 25.3 Å². The third-order valence-electron chi connectivity index (χ3n) is 3.89. The van der Waals surface area contributed by atoms with Gasteiger partial charge in [-0.05, 0) is 48.9 Å². The minimum atomic E-state index is -4.69. The van der Waals surface area contributed by atoms with Crippen LogP contribution in [0.15, 0.2) is 47.4 Å².